The first-order chi connectivity index (χ1) is 13.0. The Labute approximate surface area is 154 Å². The summed E-state index contributed by atoms with van der Waals surface area (Å²) >= 11 is 0. The van der Waals surface area contributed by atoms with Crippen molar-refractivity contribution in [3.8, 4) is 11.5 Å². The number of benzene rings is 2. The van der Waals surface area contributed by atoms with Crippen LogP contribution in [0.2, 0.25) is 0 Å². The molecule has 0 atom stereocenters. The maximum atomic E-state index is 12.3. The first kappa shape index (κ1) is 18.1. The highest BCUT2D eigenvalue weighted by Crippen LogP contribution is 2.33. The quantitative estimate of drug-likeness (QED) is 0.458. The topological polar surface area (TPSA) is 107 Å². The zero-order chi connectivity index (χ0) is 19.6. The molecule has 0 bridgehead atoms. The van der Waals surface area contributed by atoms with Crippen molar-refractivity contribution in [2.24, 2.45) is 10.2 Å². The molecule has 1 amide bonds. The first-order valence-electron chi connectivity index (χ1n) is 7.86. The largest absolute Gasteiger partial charge is 0.493 e. The van der Waals surface area contributed by atoms with Gasteiger partial charge in [0.2, 0.25) is 0 Å². The second-order valence-electron chi connectivity index (χ2n) is 5.60. The van der Waals surface area contributed by atoms with Crippen molar-refractivity contribution >= 4 is 29.2 Å². The fourth-order valence-corrected chi connectivity index (χ4v) is 2.74. The summed E-state index contributed by atoms with van der Waals surface area (Å²) in [4.78, 5) is 24.6. The molecule has 1 heterocycles. The van der Waals surface area contributed by atoms with Crippen LogP contribution in [0, 0.1) is 10.1 Å². The predicted molar refractivity (Wildman–Crippen MR) is 100 cm³/mol. The lowest BCUT2D eigenvalue weighted by Crippen LogP contribution is -2.25. The molecule has 0 saturated carbocycles. The summed E-state index contributed by atoms with van der Waals surface area (Å²) in [7, 11) is 4.46. The first-order valence-corrected chi connectivity index (χ1v) is 7.86. The van der Waals surface area contributed by atoms with Gasteiger partial charge in [0, 0.05) is 12.6 Å². The highest BCUT2D eigenvalue weighted by atomic mass is 16.6. The maximum Gasteiger partial charge on any atom is 0.282 e. The van der Waals surface area contributed by atoms with Gasteiger partial charge in [0.25, 0.3) is 11.6 Å². The Morgan fingerprint density at radius 2 is 1.81 bits per heavy atom. The minimum absolute atomic E-state index is 0.174. The number of methoxy groups -OCH3 is 2. The van der Waals surface area contributed by atoms with E-state index in [1.807, 2.05) is 6.07 Å². The van der Waals surface area contributed by atoms with Crippen LogP contribution in [-0.2, 0) is 4.79 Å². The van der Waals surface area contributed by atoms with Crippen LogP contribution in [-0.4, -0.2) is 44.0 Å². The maximum absolute atomic E-state index is 12.3. The second-order valence-corrected chi connectivity index (χ2v) is 5.60. The van der Waals surface area contributed by atoms with Gasteiger partial charge in [-0.1, -0.05) is 18.2 Å². The number of nitro groups is 1. The van der Waals surface area contributed by atoms with Crippen LogP contribution in [0.15, 0.2) is 46.6 Å². The van der Waals surface area contributed by atoms with Gasteiger partial charge in [0.1, 0.15) is 0 Å². The molecule has 0 aliphatic carbocycles. The third-order valence-corrected chi connectivity index (χ3v) is 4.11. The molecule has 9 heteroatoms. The number of nitro benzene ring substituents is 1. The van der Waals surface area contributed by atoms with Gasteiger partial charge in [-0.25, -0.2) is 0 Å². The molecule has 0 aromatic heterocycles. The lowest BCUT2D eigenvalue weighted by molar-refractivity contribution is -0.385. The molecule has 1 aliphatic rings. The Morgan fingerprint density at radius 1 is 1.15 bits per heavy atom. The van der Waals surface area contributed by atoms with Crippen LogP contribution in [0.25, 0.3) is 0 Å². The molecule has 0 N–H and O–H groups in total. The Hall–Kier alpha value is -3.75. The average molecular weight is 368 g/mol. The standard InChI is InChI=1S/C18H16N4O5/c1-21-13-7-5-4-6-12(13)17(18(21)23)20-19-10-11-8-15(26-2)16(27-3)9-14(11)22(24)25/h4-10H,1-3H3/b19-10-,20-17-. The Balaban J connectivity index is 2.01. The molecular formula is C18H16N4O5. The van der Waals surface area contributed by atoms with Crippen molar-refractivity contribution in [2.75, 3.05) is 26.2 Å². The number of hydrogen-bond acceptors (Lipinski definition) is 7. The number of rotatable bonds is 5. The SMILES string of the molecule is COc1cc(/C=N\N=C2/C(=O)N(C)c3ccccc32)c([N+](=O)[O-])cc1OC. The van der Waals surface area contributed by atoms with Crippen LogP contribution in [0.1, 0.15) is 11.1 Å². The molecule has 3 rings (SSSR count). The zero-order valence-corrected chi connectivity index (χ0v) is 14.9. The van der Waals surface area contributed by atoms with E-state index in [1.165, 1.54) is 37.5 Å². The average Bonchev–Trinajstić information content (AvgIpc) is 2.92. The van der Waals surface area contributed by atoms with Gasteiger partial charge in [-0.2, -0.15) is 5.10 Å². The van der Waals surface area contributed by atoms with E-state index in [9.17, 15) is 14.9 Å². The van der Waals surface area contributed by atoms with E-state index in [2.05, 4.69) is 10.2 Å². The van der Waals surface area contributed by atoms with Crippen LogP contribution < -0.4 is 14.4 Å². The molecule has 2 aromatic rings. The molecule has 0 fully saturated rings. The van der Waals surface area contributed by atoms with Crippen LogP contribution in [0.4, 0.5) is 11.4 Å². The summed E-state index contributed by atoms with van der Waals surface area (Å²) in [6, 6.07) is 9.86. The van der Waals surface area contributed by atoms with E-state index >= 15 is 0 Å². The fraction of sp³-hybridized carbons (Fsp3) is 0.167. The number of nitrogens with zero attached hydrogens (tertiary/aromatic N) is 4. The van der Waals surface area contributed by atoms with Crippen molar-refractivity contribution in [3.63, 3.8) is 0 Å². The van der Waals surface area contributed by atoms with Crippen molar-refractivity contribution in [3.05, 3.63) is 57.6 Å². The summed E-state index contributed by atoms with van der Waals surface area (Å²) < 4.78 is 10.2. The molecule has 138 valence electrons. The van der Waals surface area contributed by atoms with Gasteiger partial charge in [-0.05, 0) is 12.1 Å². The van der Waals surface area contributed by atoms with Gasteiger partial charge < -0.3 is 14.4 Å². The van der Waals surface area contributed by atoms with Gasteiger partial charge in [0.05, 0.1) is 42.7 Å². The summed E-state index contributed by atoms with van der Waals surface area (Å²) in [5.41, 5.74) is 1.52. The van der Waals surface area contributed by atoms with E-state index in [4.69, 9.17) is 9.47 Å². The number of likely N-dealkylation sites (N-methyl/N-ethyl adjacent to an activating group) is 1. The normalized spacial score (nSPS) is 14.7. The van der Waals surface area contributed by atoms with Crippen LogP contribution in [0.5, 0.6) is 11.5 Å². The fourth-order valence-electron chi connectivity index (χ4n) is 2.74. The van der Waals surface area contributed by atoms with E-state index in [1.54, 1.807) is 25.2 Å². The lowest BCUT2D eigenvalue weighted by atomic mass is 10.1. The highest BCUT2D eigenvalue weighted by Gasteiger charge is 2.31. The van der Waals surface area contributed by atoms with Crippen molar-refractivity contribution in [2.45, 2.75) is 0 Å². The number of fused-ring (bicyclic) bond motifs is 1. The van der Waals surface area contributed by atoms with Gasteiger partial charge in [0.15, 0.2) is 17.2 Å². The molecule has 0 saturated heterocycles. The van der Waals surface area contributed by atoms with E-state index in [0.29, 0.717) is 11.3 Å². The van der Waals surface area contributed by atoms with E-state index in [0.717, 1.165) is 5.69 Å². The predicted octanol–water partition coefficient (Wildman–Crippen LogP) is 2.41. The smallest absolute Gasteiger partial charge is 0.282 e. The number of amides is 1. The minimum atomic E-state index is -0.555. The number of ether oxygens (including phenoxy) is 2. The third kappa shape index (κ3) is 3.22. The minimum Gasteiger partial charge on any atom is -0.493 e. The number of para-hydroxylation sites is 1. The summed E-state index contributed by atoms with van der Waals surface area (Å²) in [6.07, 6.45) is 1.21. The van der Waals surface area contributed by atoms with Crippen molar-refractivity contribution < 1.29 is 19.2 Å². The van der Waals surface area contributed by atoms with Crippen LogP contribution >= 0.6 is 0 Å². The van der Waals surface area contributed by atoms with Crippen molar-refractivity contribution in [1.29, 1.82) is 0 Å². The van der Waals surface area contributed by atoms with Gasteiger partial charge in [-0.3, -0.25) is 14.9 Å². The Bertz CT molecular complexity index is 984. The summed E-state index contributed by atoms with van der Waals surface area (Å²) in [6.45, 7) is 0. The molecule has 0 spiro atoms. The zero-order valence-electron chi connectivity index (χ0n) is 14.9. The molecule has 9 nitrogen and oxygen atoms in total. The second kappa shape index (κ2) is 7.24. The third-order valence-electron chi connectivity index (χ3n) is 4.11. The molecule has 1 aliphatic heterocycles. The van der Waals surface area contributed by atoms with Gasteiger partial charge >= 0.3 is 0 Å². The van der Waals surface area contributed by atoms with Gasteiger partial charge in [-0.15, -0.1) is 5.10 Å². The number of carbonyl (C=O) groups is 1. The van der Waals surface area contributed by atoms with Crippen molar-refractivity contribution in [1.82, 2.24) is 0 Å². The molecule has 0 unspecified atom stereocenters. The Morgan fingerprint density at radius 3 is 2.48 bits per heavy atom. The van der Waals surface area contributed by atoms with Crippen LogP contribution in [0.3, 0.4) is 0 Å². The number of hydrogen-bond donors (Lipinski definition) is 0. The lowest BCUT2D eigenvalue weighted by Gasteiger charge is -2.08. The number of anilines is 1. The van der Waals surface area contributed by atoms with E-state index in [-0.39, 0.29) is 28.6 Å². The summed E-state index contributed by atoms with van der Waals surface area (Å²) in [5.74, 6) is 0.253. The molecule has 2 aromatic carbocycles. The van der Waals surface area contributed by atoms with E-state index < -0.39 is 4.92 Å². The number of carbonyl (C=O) groups excluding carboxylic acids is 1. The molecular weight excluding hydrogens is 352 g/mol. The highest BCUT2D eigenvalue weighted by molar-refractivity contribution is 6.54. The molecule has 0 radical (unpaired) electrons. The Kier molecular flexibility index (Phi) is 4.84. The molecule has 27 heavy (non-hydrogen) atoms. The monoisotopic (exact) mass is 368 g/mol. The summed E-state index contributed by atoms with van der Waals surface area (Å²) in [5, 5.41) is 19.2.